The van der Waals surface area contributed by atoms with Crippen LogP contribution in [0.5, 0.6) is 0 Å². The van der Waals surface area contributed by atoms with Crippen LogP contribution in [-0.2, 0) is 0 Å². The van der Waals surface area contributed by atoms with Crippen LogP contribution in [0.3, 0.4) is 0 Å². The monoisotopic (exact) mass is 233 g/mol. The Bertz CT molecular complexity index is 428. The van der Waals surface area contributed by atoms with E-state index in [0.717, 1.165) is 25.1 Å². The highest BCUT2D eigenvalue weighted by Gasteiger charge is 2.36. The predicted octanol–water partition coefficient (Wildman–Crippen LogP) is 2.14. The zero-order valence-corrected chi connectivity index (χ0v) is 10.7. The lowest BCUT2D eigenvalue weighted by molar-refractivity contribution is 0.0653. The largest absolute Gasteiger partial charge is 0.386 e. The van der Waals surface area contributed by atoms with Crippen LogP contribution in [0, 0.1) is 0 Å². The summed E-state index contributed by atoms with van der Waals surface area (Å²) in [6, 6.07) is 1.78. The third kappa shape index (κ3) is 2.12. The Hall–Kier alpha value is -1.58. The first-order valence-corrected chi connectivity index (χ1v) is 6.00. The van der Waals surface area contributed by atoms with Gasteiger partial charge in [-0.2, -0.15) is 0 Å². The van der Waals surface area contributed by atoms with E-state index in [4.69, 9.17) is 0 Å². The lowest BCUT2D eigenvalue weighted by Gasteiger charge is -2.32. The molecule has 4 heteroatoms. The highest BCUT2D eigenvalue weighted by Crippen LogP contribution is 2.30. The lowest BCUT2D eigenvalue weighted by Crippen LogP contribution is -2.42. The van der Waals surface area contributed by atoms with Crippen molar-refractivity contribution in [1.29, 1.82) is 0 Å². The van der Waals surface area contributed by atoms with E-state index in [0.29, 0.717) is 5.56 Å². The maximum Gasteiger partial charge on any atom is 0.256 e. The lowest BCUT2D eigenvalue weighted by atomic mass is 10.0. The molecule has 1 aromatic rings. The van der Waals surface area contributed by atoms with Crippen molar-refractivity contribution in [3.8, 4) is 0 Å². The van der Waals surface area contributed by atoms with Crippen molar-refractivity contribution >= 4 is 11.6 Å². The van der Waals surface area contributed by atoms with E-state index < -0.39 is 0 Å². The second kappa shape index (κ2) is 4.35. The summed E-state index contributed by atoms with van der Waals surface area (Å²) in [6.45, 7) is 5.09. The number of carbonyl (C=O) groups is 1. The Morgan fingerprint density at radius 3 is 2.88 bits per heavy atom. The van der Waals surface area contributed by atoms with Gasteiger partial charge in [-0.25, -0.2) is 0 Å². The third-order valence-corrected chi connectivity index (χ3v) is 3.47. The van der Waals surface area contributed by atoms with Gasteiger partial charge in [0.05, 0.1) is 17.4 Å². The topological polar surface area (TPSA) is 45.2 Å². The van der Waals surface area contributed by atoms with Crippen LogP contribution < -0.4 is 5.32 Å². The molecule has 1 fully saturated rings. The van der Waals surface area contributed by atoms with Crippen molar-refractivity contribution in [1.82, 2.24) is 9.88 Å². The first kappa shape index (κ1) is 11.9. The molecule has 1 N–H and O–H groups in total. The highest BCUT2D eigenvalue weighted by atomic mass is 16.2. The number of hydrogen-bond donors (Lipinski definition) is 1. The Kier molecular flexibility index (Phi) is 3.05. The van der Waals surface area contributed by atoms with Crippen molar-refractivity contribution < 1.29 is 4.79 Å². The van der Waals surface area contributed by atoms with Crippen LogP contribution in [0.1, 0.15) is 37.0 Å². The fourth-order valence-corrected chi connectivity index (χ4v) is 2.41. The van der Waals surface area contributed by atoms with Gasteiger partial charge in [0.15, 0.2) is 0 Å². The molecule has 0 bridgehead atoms. The molecular formula is C13H19N3O. The second-order valence-corrected chi connectivity index (χ2v) is 5.04. The van der Waals surface area contributed by atoms with Crippen molar-refractivity contribution in [3.63, 3.8) is 0 Å². The van der Waals surface area contributed by atoms with E-state index in [1.54, 1.807) is 18.5 Å². The molecule has 1 amide bonds. The Balaban J connectivity index is 2.31. The molecule has 0 saturated carbocycles. The number of anilines is 1. The molecule has 4 nitrogen and oxygen atoms in total. The molecule has 1 aliphatic heterocycles. The van der Waals surface area contributed by atoms with Crippen LogP contribution in [0.2, 0.25) is 0 Å². The third-order valence-electron chi connectivity index (χ3n) is 3.47. The van der Waals surface area contributed by atoms with E-state index in [1.165, 1.54) is 0 Å². The minimum Gasteiger partial charge on any atom is -0.386 e. The number of pyridine rings is 1. The van der Waals surface area contributed by atoms with E-state index >= 15 is 0 Å². The predicted molar refractivity (Wildman–Crippen MR) is 68.1 cm³/mol. The normalized spacial score (nSPS) is 18.2. The van der Waals surface area contributed by atoms with E-state index in [9.17, 15) is 4.79 Å². The summed E-state index contributed by atoms with van der Waals surface area (Å²) in [6.07, 6.45) is 5.50. The zero-order chi connectivity index (χ0) is 12.5. The molecule has 0 aliphatic carbocycles. The summed E-state index contributed by atoms with van der Waals surface area (Å²) in [7, 11) is 1.81. The number of likely N-dealkylation sites (tertiary alicyclic amines) is 1. The van der Waals surface area contributed by atoms with Gasteiger partial charge in [0, 0.05) is 25.3 Å². The second-order valence-electron chi connectivity index (χ2n) is 5.04. The van der Waals surface area contributed by atoms with Crippen LogP contribution in [0.25, 0.3) is 0 Å². The summed E-state index contributed by atoms with van der Waals surface area (Å²) in [5.41, 5.74) is 1.46. The van der Waals surface area contributed by atoms with Crippen LogP contribution >= 0.6 is 0 Å². The summed E-state index contributed by atoms with van der Waals surface area (Å²) in [5.74, 6) is 0.0965. The molecule has 0 atom stereocenters. The zero-order valence-electron chi connectivity index (χ0n) is 10.7. The van der Waals surface area contributed by atoms with Gasteiger partial charge in [0.1, 0.15) is 0 Å². The highest BCUT2D eigenvalue weighted by molar-refractivity contribution is 5.99. The van der Waals surface area contributed by atoms with E-state index in [2.05, 4.69) is 24.1 Å². The number of aromatic nitrogens is 1. The van der Waals surface area contributed by atoms with Gasteiger partial charge in [-0.05, 0) is 32.8 Å². The average Bonchev–Trinajstić information content (AvgIpc) is 2.68. The molecule has 1 aliphatic rings. The molecule has 2 heterocycles. The summed E-state index contributed by atoms with van der Waals surface area (Å²) < 4.78 is 0. The fourth-order valence-electron chi connectivity index (χ4n) is 2.41. The van der Waals surface area contributed by atoms with Gasteiger partial charge in [-0.3, -0.25) is 9.78 Å². The molecule has 0 aromatic carbocycles. The van der Waals surface area contributed by atoms with Gasteiger partial charge in [-0.1, -0.05) is 0 Å². The first-order chi connectivity index (χ1) is 8.06. The number of hydrogen-bond acceptors (Lipinski definition) is 3. The minimum absolute atomic E-state index is 0.0363. The summed E-state index contributed by atoms with van der Waals surface area (Å²) >= 11 is 0. The molecule has 0 radical (unpaired) electrons. The van der Waals surface area contributed by atoms with E-state index in [1.807, 2.05) is 11.9 Å². The molecule has 0 spiro atoms. The van der Waals surface area contributed by atoms with Crippen LogP contribution in [-0.4, -0.2) is 34.9 Å². The van der Waals surface area contributed by atoms with Crippen molar-refractivity contribution in [2.45, 2.75) is 32.2 Å². The number of nitrogens with one attached hydrogen (secondary N) is 1. The molecule has 17 heavy (non-hydrogen) atoms. The number of amides is 1. The smallest absolute Gasteiger partial charge is 0.256 e. The molecule has 1 aromatic heterocycles. The minimum atomic E-state index is -0.0363. The van der Waals surface area contributed by atoms with Gasteiger partial charge in [0.25, 0.3) is 5.91 Å². The first-order valence-electron chi connectivity index (χ1n) is 6.00. The number of rotatable bonds is 2. The van der Waals surface area contributed by atoms with Gasteiger partial charge < -0.3 is 10.2 Å². The molecule has 2 rings (SSSR count). The number of carbonyl (C=O) groups excluding carboxylic acids is 1. The van der Waals surface area contributed by atoms with Gasteiger partial charge in [0.2, 0.25) is 0 Å². The van der Waals surface area contributed by atoms with E-state index in [-0.39, 0.29) is 11.4 Å². The standard InChI is InChI=1S/C13H19N3O/c1-13(2)6-4-8-16(13)12(17)10-5-7-15-9-11(10)14-3/h5,7,9,14H,4,6,8H2,1-3H3. The van der Waals surface area contributed by atoms with Crippen molar-refractivity contribution in [2.24, 2.45) is 0 Å². The Morgan fingerprint density at radius 2 is 2.29 bits per heavy atom. The quantitative estimate of drug-likeness (QED) is 0.851. The summed E-state index contributed by atoms with van der Waals surface area (Å²) in [4.78, 5) is 18.5. The van der Waals surface area contributed by atoms with Gasteiger partial charge in [-0.15, -0.1) is 0 Å². The number of nitrogens with zero attached hydrogens (tertiary/aromatic N) is 2. The van der Waals surface area contributed by atoms with Gasteiger partial charge >= 0.3 is 0 Å². The maximum absolute atomic E-state index is 12.5. The molecular weight excluding hydrogens is 214 g/mol. The Labute approximate surface area is 102 Å². The molecule has 92 valence electrons. The average molecular weight is 233 g/mol. The van der Waals surface area contributed by atoms with Crippen LogP contribution in [0.4, 0.5) is 5.69 Å². The Morgan fingerprint density at radius 1 is 1.53 bits per heavy atom. The van der Waals surface area contributed by atoms with Crippen LogP contribution in [0.15, 0.2) is 18.5 Å². The molecule has 0 unspecified atom stereocenters. The SMILES string of the molecule is CNc1cnccc1C(=O)N1CCCC1(C)C. The van der Waals surface area contributed by atoms with Crippen molar-refractivity contribution in [3.05, 3.63) is 24.0 Å². The maximum atomic E-state index is 12.5. The van der Waals surface area contributed by atoms with Crippen molar-refractivity contribution in [2.75, 3.05) is 18.9 Å². The summed E-state index contributed by atoms with van der Waals surface area (Å²) in [5, 5.41) is 3.02. The fraction of sp³-hybridized carbons (Fsp3) is 0.538. The molecule has 1 saturated heterocycles.